The summed E-state index contributed by atoms with van der Waals surface area (Å²) in [5.41, 5.74) is 9.95. The number of carbonyl (C=O) groups is 1. The molecule has 34 heavy (non-hydrogen) atoms. The fraction of sp³-hybridized carbons (Fsp3) is 0.0800. The van der Waals surface area contributed by atoms with Crippen molar-refractivity contribution in [1.82, 2.24) is 4.57 Å². The molecule has 1 aromatic heterocycles. The first kappa shape index (κ1) is 22.5. The normalized spacial score (nSPS) is 11.0. The van der Waals surface area contributed by atoms with Crippen LogP contribution in [0.4, 0.5) is 15.8 Å². The number of hydrogen-bond donors (Lipinski definition) is 2. The fourth-order valence-electron chi connectivity index (χ4n) is 3.40. The van der Waals surface area contributed by atoms with E-state index in [0.29, 0.717) is 22.6 Å². The van der Waals surface area contributed by atoms with Gasteiger partial charge >= 0.3 is 5.97 Å². The zero-order valence-electron chi connectivity index (χ0n) is 18.4. The van der Waals surface area contributed by atoms with Gasteiger partial charge in [0, 0.05) is 23.0 Å². The van der Waals surface area contributed by atoms with Crippen molar-refractivity contribution in [2.45, 2.75) is 0 Å². The highest BCUT2D eigenvalue weighted by atomic mass is 19.1. The van der Waals surface area contributed by atoms with Gasteiger partial charge in [-0.05, 0) is 66.2 Å². The van der Waals surface area contributed by atoms with Crippen molar-refractivity contribution in [2.75, 3.05) is 25.4 Å². The number of anilines is 2. The highest BCUT2D eigenvalue weighted by molar-refractivity contribution is 5.95. The third kappa shape index (κ3) is 4.44. The monoisotopic (exact) mass is 460 g/mol. The van der Waals surface area contributed by atoms with E-state index in [1.54, 1.807) is 60.2 Å². The van der Waals surface area contributed by atoms with E-state index in [1.807, 2.05) is 0 Å². The number of hydrogen-bond acceptors (Lipinski definition) is 7. The van der Waals surface area contributed by atoms with E-state index in [2.05, 4.69) is 10.5 Å². The van der Waals surface area contributed by atoms with Gasteiger partial charge in [-0.1, -0.05) is 0 Å². The van der Waals surface area contributed by atoms with Gasteiger partial charge in [-0.2, -0.15) is 5.10 Å². The summed E-state index contributed by atoms with van der Waals surface area (Å²) in [7, 11) is 2.75. The minimum absolute atomic E-state index is 0.0157. The van der Waals surface area contributed by atoms with E-state index in [4.69, 9.17) is 15.2 Å². The van der Waals surface area contributed by atoms with E-state index < -0.39 is 17.2 Å². The summed E-state index contributed by atoms with van der Waals surface area (Å²) in [6.07, 6.45) is 2.89. The molecule has 3 N–H and O–H groups in total. The number of esters is 1. The number of nitrogens with one attached hydrogen (secondary N) is 1. The maximum Gasteiger partial charge on any atom is 0.343 e. The molecular weight excluding hydrogens is 439 g/mol. The van der Waals surface area contributed by atoms with Gasteiger partial charge in [-0.3, -0.25) is 10.2 Å². The summed E-state index contributed by atoms with van der Waals surface area (Å²) in [6, 6.07) is 16.5. The molecule has 172 valence electrons. The van der Waals surface area contributed by atoms with Crippen LogP contribution in [0.25, 0.3) is 16.6 Å². The zero-order valence-corrected chi connectivity index (χ0v) is 18.4. The first-order valence-electron chi connectivity index (χ1n) is 10.2. The van der Waals surface area contributed by atoms with Gasteiger partial charge in [0.1, 0.15) is 17.1 Å². The molecule has 1 heterocycles. The van der Waals surface area contributed by atoms with Crippen LogP contribution in [0.5, 0.6) is 5.75 Å². The minimum atomic E-state index is -0.817. The van der Waals surface area contributed by atoms with Crippen LogP contribution >= 0.6 is 0 Å². The summed E-state index contributed by atoms with van der Waals surface area (Å²) in [5.74, 6) is -0.817. The van der Waals surface area contributed by atoms with Crippen molar-refractivity contribution in [3.63, 3.8) is 0 Å². The zero-order chi connectivity index (χ0) is 24.2. The van der Waals surface area contributed by atoms with E-state index >= 15 is 0 Å². The summed E-state index contributed by atoms with van der Waals surface area (Å²) < 4.78 is 26.3. The molecule has 0 saturated carbocycles. The Balaban J connectivity index is 1.80. The van der Waals surface area contributed by atoms with Gasteiger partial charge < -0.3 is 19.8 Å². The average molecular weight is 460 g/mol. The highest BCUT2D eigenvalue weighted by Gasteiger charge is 2.19. The van der Waals surface area contributed by atoms with E-state index in [9.17, 15) is 14.0 Å². The predicted octanol–water partition coefficient (Wildman–Crippen LogP) is 3.95. The molecule has 0 bridgehead atoms. The number of carbonyl (C=O) groups excluding carboxylic acids is 1. The Kier molecular flexibility index (Phi) is 6.26. The third-order valence-corrected chi connectivity index (χ3v) is 5.18. The smallest absolute Gasteiger partial charge is 0.343 e. The number of nitrogens with two attached hydrogens (primary N) is 1. The minimum Gasteiger partial charge on any atom is -0.497 e. The number of fused-ring (bicyclic) bond motifs is 1. The predicted molar refractivity (Wildman–Crippen MR) is 129 cm³/mol. The second kappa shape index (κ2) is 9.45. The summed E-state index contributed by atoms with van der Waals surface area (Å²) in [4.78, 5) is 25.1. The van der Waals surface area contributed by atoms with Gasteiger partial charge in [-0.25, -0.2) is 9.18 Å². The lowest BCUT2D eigenvalue weighted by Crippen LogP contribution is -2.20. The molecule has 0 fully saturated rings. The van der Waals surface area contributed by atoms with Gasteiger partial charge in [0.05, 0.1) is 31.6 Å². The molecule has 4 aromatic rings. The lowest BCUT2D eigenvalue weighted by Gasteiger charge is -2.15. The fourth-order valence-corrected chi connectivity index (χ4v) is 3.40. The SMILES string of the molecule is COC(=O)c1cn(-c2ccc(N)cc2)c2cc(N/N=C/c3ccc(OC)cc3)c(F)cc2c1=O. The van der Waals surface area contributed by atoms with Crippen LogP contribution in [-0.4, -0.2) is 31.0 Å². The maximum absolute atomic E-state index is 14.9. The first-order valence-corrected chi connectivity index (χ1v) is 10.2. The van der Waals surface area contributed by atoms with Crippen LogP contribution in [0, 0.1) is 5.82 Å². The second-order valence-corrected chi connectivity index (χ2v) is 7.32. The molecule has 0 saturated heterocycles. The molecule has 0 atom stereocenters. The van der Waals surface area contributed by atoms with Crippen molar-refractivity contribution < 1.29 is 18.7 Å². The molecule has 0 spiro atoms. The number of aromatic nitrogens is 1. The van der Waals surface area contributed by atoms with Crippen molar-refractivity contribution >= 4 is 34.5 Å². The van der Waals surface area contributed by atoms with Crippen molar-refractivity contribution in [2.24, 2.45) is 5.10 Å². The molecule has 3 aromatic carbocycles. The Bertz CT molecular complexity index is 1450. The van der Waals surface area contributed by atoms with Crippen molar-refractivity contribution in [3.8, 4) is 11.4 Å². The third-order valence-electron chi connectivity index (χ3n) is 5.18. The largest absolute Gasteiger partial charge is 0.497 e. The number of methoxy groups -OCH3 is 2. The van der Waals surface area contributed by atoms with Crippen LogP contribution < -0.4 is 21.3 Å². The van der Waals surface area contributed by atoms with E-state index in [0.717, 1.165) is 11.6 Å². The summed E-state index contributed by atoms with van der Waals surface area (Å²) in [5, 5.41) is 4.11. The van der Waals surface area contributed by atoms with Crippen LogP contribution in [0.15, 0.2) is 76.8 Å². The molecule has 9 heteroatoms. The highest BCUT2D eigenvalue weighted by Crippen LogP contribution is 2.25. The van der Waals surface area contributed by atoms with Crippen molar-refractivity contribution in [1.29, 1.82) is 0 Å². The molecule has 0 aliphatic heterocycles. The lowest BCUT2D eigenvalue weighted by atomic mass is 10.1. The molecule has 0 radical (unpaired) electrons. The number of halogens is 1. The quantitative estimate of drug-likeness (QED) is 0.195. The summed E-state index contributed by atoms with van der Waals surface area (Å²) >= 11 is 0. The van der Waals surface area contributed by atoms with E-state index in [-0.39, 0.29) is 16.6 Å². The standard InChI is InChI=1S/C25H21FN4O4/c1-33-18-9-3-15(4-10-18)13-28-29-22-12-23-19(11-21(22)26)24(31)20(25(32)34-2)14-30(23)17-7-5-16(27)6-8-17/h3-14,29H,27H2,1-2H3/b28-13+. The van der Waals surface area contributed by atoms with Crippen LogP contribution in [0.1, 0.15) is 15.9 Å². The second-order valence-electron chi connectivity index (χ2n) is 7.32. The van der Waals surface area contributed by atoms with Crippen LogP contribution in [0.2, 0.25) is 0 Å². The first-order chi connectivity index (χ1) is 16.4. The van der Waals surface area contributed by atoms with Gasteiger partial charge in [0.2, 0.25) is 5.43 Å². The Hall–Kier alpha value is -4.66. The molecule has 4 rings (SSSR count). The van der Waals surface area contributed by atoms with Crippen LogP contribution in [0.3, 0.4) is 0 Å². The molecular formula is C25H21FN4O4. The molecule has 0 aliphatic carbocycles. The number of ether oxygens (including phenoxy) is 2. The average Bonchev–Trinajstić information content (AvgIpc) is 2.85. The van der Waals surface area contributed by atoms with Gasteiger partial charge in [0.25, 0.3) is 0 Å². The lowest BCUT2D eigenvalue weighted by molar-refractivity contribution is 0.0599. The molecule has 8 nitrogen and oxygen atoms in total. The summed E-state index contributed by atoms with van der Waals surface area (Å²) in [6.45, 7) is 0. The molecule has 0 amide bonds. The van der Waals surface area contributed by atoms with Crippen molar-refractivity contribution in [3.05, 3.63) is 94.0 Å². The van der Waals surface area contributed by atoms with Gasteiger partial charge in [-0.15, -0.1) is 0 Å². The number of nitrogens with zero attached hydrogens (tertiary/aromatic N) is 2. The Morgan fingerprint density at radius 1 is 1.09 bits per heavy atom. The topological polar surface area (TPSA) is 108 Å². The number of benzene rings is 3. The van der Waals surface area contributed by atoms with Crippen LogP contribution in [-0.2, 0) is 4.74 Å². The van der Waals surface area contributed by atoms with E-state index in [1.165, 1.54) is 25.6 Å². The molecule has 0 unspecified atom stereocenters. The number of pyridine rings is 1. The molecule has 0 aliphatic rings. The number of rotatable bonds is 6. The van der Waals surface area contributed by atoms with Gasteiger partial charge in [0.15, 0.2) is 0 Å². The Morgan fingerprint density at radius 3 is 2.44 bits per heavy atom. The maximum atomic E-state index is 14.9. The number of hydrazone groups is 1. The Morgan fingerprint density at radius 2 is 1.79 bits per heavy atom. The Labute approximate surface area is 194 Å². The number of nitrogen functional groups attached to an aromatic ring is 1.